The Labute approximate surface area is 87.8 Å². The number of rotatable bonds is 0. The third-order valence-electron chi connectivity index (χ3n) is 2.23. The van der Waals surface area contributed by atoms with Crippen molar-refractivity contribution in [2.24, 2.45) is 0 Å². The quantitative estimate of drug-likeness (QED) is 0.601. The van der Waals surface area contributed by atoms with Gasteiger partial charge in [-0.2, -0.15) is 0 Å². The van der Waals surface area contributed by atoms with E-state index in [-0.39, 0.29) is 12.1 Å². The minimum atomic E-state index is -0.478. The summed E-state index contributed by atoms with van der Waals surface area (Å²) < 4.78 is 13.1. The van der Waals surface area contributed by atoms with Crippen LogP contribution in [0.4, 0.5) is 4.79 Å². The van der Waals surface area contributed by atoms with Crippen molar-refractivity contribution in [3.05, 3.63) is 0 Å². The van der Waals surface area contributed by atoms with Gasteiger partial charge in [0.25, 0.3) is 0 Å². The lowest BCUT2D eigenvalue weighted by molar-refractivity contribution is 0.0121. The zero-order chi connectivity index (χ0) is 11.6. The first-order chi connectivity index (χ1) is 6.81. The topological polar surface area (TPSA) is 29.5 Å². The minimum absolute atomic E-state index is 0.121. The van der Waals surface area contributed by atoms with Gasteiger partial charge < -0.3 is 9.64 Å². The molecule has 0 bridgehead atoms. The van der Waals surface area contributed by atoms with E-state index in [0.717, 1.165) is 19.3 Å². The Kier molecular flexibility index (Phi) is 2.94. The monoisotopic (exact) mass is 200 g/mol. The van der Waals surface area contributed by atoms with Crippen molar-refractivity contribution in [1.82, 2.24) is 4.90 Å². The van der Waals surface area contributed by atoms with Gasteiger partial charge in [0, 0.05) is 13.9 Å². The van der Waals surface area contributed by atoms with Crippen LogP contribution in [0.25, 0.3) is 0 Å². The lowest BCUT2D eigenvalue weighted by Gasteiger charge is -2.34. The molecule has 2 atom stereocenters. The molecule has 0 radical (unpaired) electrons. The summed E-state index contributed by atoms with van der Waals surface area (Å²) in [6.07, 6.45) is 2.39. The summed E-state index contributed by atoms with van der Waals surface area (Å²) in [5, 5.41) is 0. The van der Waals surface area contributed by atoms with Crippen molar-refractivity contribution in [1.29, 1.82) is 0 Å². The third-order valence-corrected chi connectivity index (χ3v) is 2.23. The van der Waals surface area contributed by atoms with Crippen LogP contribution in [0.2, 0.25) is 0 Å². The molecule has 0 aromatic heterocycles. The third kappa shape index (κ3) is 3.20. The van der Waals surface area contributed by atoms with Crippen LogP contribution in [0.5, 0.6) is 0 Å². The number of piperidine rings is 1. The molecular formula is C11H21NO2. The van der Waals surface area contributed by atoms with Gasteiger partial charge in [0.2, 0.25) is 0 Å². The molecule has 1 amide bonds. The van der Waals surface area contributed by atoms with Crippen molar-refractivity contribution < 1.29 is 10.9 Å². The van der Waals surface area contributed by atoms with Crippen molar-refractivity contribution in [2.45, 2.75) is 58.6 Å². The van der Waals surface area contributed by atoms with E-state index in [1.165, 1.54) is 0 Å². The van der Waals surface area contributed by atoms with Crippen LogP contribution in [-0.4, -0.2) is 29.2 Å². The molecule has 3 heteroatoms. The molecule has 0 aliphatic carbocycles. The molecule has 3 nitrogen and oxygen atoms in total. The van der Waals surface area contributed by atoms with Gasteiger partial charge in [0.15, 0.2) is 0 Å². The van der Waals surface area contributed by atoms with E-state index in [4.69, 9.17) is 6.11 Å². The second-order valence-electron chi connectivity index (χ2n) is 4.85. The highest BCUT2D eigenvalue weighted by atomic mass is 16.6. The molecule has 0 aromatic rings. The summed E-state index contributed by atoms with van der Waals surface area (Å²) in [6.45, 7) is 7.07. The molecule has 1 aliphatic heterocycles. The lowest BCUT2D eigenvalue weighted by Crippen LogP contribution is -2.44. The van der Waals surface area contributed by atoms with Crippen LogP contribution < -0.4 is 0 Å². The Bertz CT molecular complexity index is 227. The SMILES string of the molecule is [2H][C@@H]1CCC[C@@H](C)N1C(=O)OC(C)(C)C. The van der Waals surface area contributed by atoms with E-state index in [2.05, 4.69) is 0 Å². The van der Waals surface area contributed by atoms with Gasteiger partial charge in [-0.3, -0.25) is 0 Å². The van der Waals surface area contributed by atoms with Crippen LogP contribution in [-0.2, 0) is 4.74 Å². The van der Waals surface area contributed by atoms with Crippen molar-refractivity contribution >= 4 is 6.09 Å². The van der Waals surface area contributed by atoms with Gasteiger partial charge >= 0.3 is 6.09 Å². The van der Waals surface area contributed by atoms with E-state index < -0.39 is 12.1 Å². The highest BCUT2D eigenvalue weighted by molar-refractivity contribution is 5.68. The second-order valence-corrected chi connectivity index (χ2v) is 4.85. The minimum Gasteiger partial charge on any atom is -0.444 e. The zero-order valence-electron chi connectivity index (χ0n) is 10.5. The number of nitrogens with zero attached hydrogens (tertiary/aromatic N) is 1. The Hall–Kier alpha value is -0.730. The van der Waals surface area contributed by atoms with Gasteiger partial charge in [-0.25, -0.2) is 4.79 Å². The van der Waals surface area contributed by atoms with Crippen LogP contribution in [0.15, 0.2) is 0 Å². The summed E-state index contributed by atoms with van der Waals surface area (Å²) in [4.78, 5) is 13.4. The first kappa shape index (κ1) is 9.81. The van der Waals surface area contributed by atoms with Crippen molar-refractivity contribution in [3.8, 4) is 0 Å². The van der Waals surface area contributed by atoms with Crippen LogP contribution in [0.3, 0.4) is 0 Å². The second kappa shape index (κ2) is 4.20. The average molecular weight is 200 g/mol. The normalized spacial score (nSPS) is 29.7. The number of carbonyl (C=O) groups excluding carboxylic acids is 1. The van der Waals surface area contributed by atoms with E-state index in [1.807, 2.05) is 27.7 Å². The Morgan fingerprint density at radius 1 is 1.50 bits per heavy atom. The molecular weight excluding hydrogens is 178 g/mol. The highest BCUT2D eigenvalue weighted by Gasteiger charge is 2.27. The predicted molar refractivity (Wildman–Crippen MR) is 56.3 cm³/mol. The van der Waals surface area contributed by atoms with Crippen LogP contribution in [0, 0.1) is 0 Å². The van der Waals surface area contributed by atoms with Gasteiger partial charge in [-0.1, -0.05) is 0 Å². The molecule has 82 valence electrons. The molecule has 0 spiro atoms. The first-order valence-electron chi connectivity index (χ1n) is 5.82. The maximum absolute atomic E-state index is 11.8. The van der Waals surface area contributed by atoms with Crippen molar-refractivity contribution in [3.63, 3.8) is 0 Å². The number of amides is 1. The molecule has 1 aliphatic rings. The number of ether oxygens (including phenoxy) is 1. The number of hydrogen-bond donors (Lipinski definition) is 0. The number of carbonyl (C=O) groups is 1. The lowest BCUT2D eigenvalue weighted by atomic mass is 10.0. The standard InChI is InChI=1S/C11H21NO2/c1-9-7-5-6-8-12(9)10(13)14-11(2,3)4/h9H,5-8H2,1-4H3/t9-/m1/s1/i8D/t8-,9-. The number of likely N-dealkylation sites (tertiary alicyclic amines) is 1. The fourth-order valence-corrected chi connectivity index (χ4v) is 1.53. The Balaban J connectivity index is 2.64. The zero-order valence-corrected chi connectivity index (χ0v) is 9.54. The summed E-state index contributed by atoms with van der Waals surface area (Å²) in [5.74, 6) is 0. The van der Waals surface area contributed by atoms with Crippen LogP contribution in [0.1, 0.15) is 48.3 Å². The molecule has 0 aromatic carbocycles. The molecule has 0 unspecified atom stereocenters. The van der Waals surface area contributed by atoms with Crippen LogP contribution >= 0.6 is 0 Å². The maximum Gasteiger partial charge on any atom is 0.410 e. The van der Waals surface area contributed by atoms with Gasteiger partial charge in [-0.15, -0.1) is 0 Å². The Morgan fingerprint density at radius 3 is 2.64 bits per heavy atom. The molecule has 1 rings (SSSR count). The van der Waals surface area contributed by atoms with Gasteiger partial charge in [0.05, 0.1) is 0 Å². The first-order valence-corrected chi connectivity index (χ1v) is 5.25. The fourth-order valence-electron chi connectivity index (χ4n) is 1.53. The van der Waals surface area contributed by atoms with E-state index in [9.17, 15) is 4.79 Å². The highest BCUT2D eigenvalue weighted by Crippen LogP contribution is 2.19. The summed E-state index contributed by atoms with van der Waals surface area (Å²) in [6, 6.07) is 0.121. The number of hydrogen-bond acceptors (Lipinski definition) is 2. The maximum atomic E-state index is 11.8. The molecule has 0 saturated carbocycles. The molecule has 14 heavy (non-hydrogen) atoms. The Morgan fingerprint density at radius 2 is 2.14 bits per heavy atom. The predicted octanol–water partition coefficient (Wildman–Crippen LogP) is 2.80. The van der Waals surface area contributed by atoms with Crippen molar-refractivity contribution in [2.75, 3.05) is 6.52 Å². The summed E-state index contributed by atoms with van der Waals surface area (Å²) in [7, 11) is 0. The average Bonchev–Trinajstić information content (AvgIpc) is 1.99. The van der Waals surface area contributed by atoms with E-state index >= 15 is 0 Å². The summed E-state index contributed by atoms with van der Waals surface area (Å²) in [5.41, 5.74) is -0.478. The largest absolute Gasteiger partial charge is 0.444 e. The molecule has 0 N–H and O–H groups in total. The van der Waals surface area contributed by atoms with Gasteiger partial charge in [-0.05, 0) is 47.0 Å². The van der Waals surface area contributed by atoms with Gasteiger partial charge in [0.1, 0.15) is 5.60 Å². The molecule has 1 saturated heterocycles. The van der Waals surface area contributed by atoms with E-state index in [0.29, 0.717) is 0 Å². The fraction of sp³-hybridized carbons (Fsp3) is 0.909. The summed E-state index contributed by atoms with van der Waals surface area (Å²) >= 11 is 0. The van der Waals surface area contributed by atoms with E-state index in [1.54, 1.807) is 4.90 Å². The smallest absolute Gasteiger partial charge is 0.410 e. The molecule has 1 fully saturated rings. The molecule has 1 heterocycles.